The van der Waals surface area contributed by atoms with E-state index in [9.17, 15) is 0 Å². The van der Waals surface area contributed by atoms with E-state index in [1.807, 2.05) is 0 Å². The van der Waals surface area contributed by atoms with Crippen molar-refractivity contribution in [2.75, 3.05) is 0 Å². The SMILES string of the molecule is C=C(c1cccc(C)c1C)c1ccc(C)c(=C)c1=C(C)C. The van der Waals surface area contributed by atoms with Crippen molar-refractivity contribution in [2.45, 2.75) is 34.6 Å². The maximum atomic E-state index is 4.37. The third-order valence-electron chi connectivity index (χ3n) is 4.30. The van der Waals surface area contributed by atoms with Crippen molar-refractivity contribution < 1.29 is 0 Å². The summed E-state index contributed by atoms with van der Waals surface area (Å²) in [6, 6.07) is 10.7. The van der Waals surface area contributed by atoms with Gasteiger partial charge >= 0.3 is 0 Å². The molecule has 0 amide bonds. The summed E-state index contributed by atoms with van der Waals surface area (Å²) < 4.78 is 0. The Bertz CT molecular complexity index is 816. The van der Waals surface area contributed by atoms with Gasteiger partial charge in [-0.3, -0.25) is 0 Å². The van der Waals surface area contributed by atoms with Crippen LogP contribution in [0.15, 0.2) is 36.9 Å². The molecule has 2 aromatic rings. The number of aryl methyl sites for hydroxylation is 2. The topological polar surface area (TPSA) is 0 Å². The average Bonchev–Trinajstić information content (AvgIpc) is 2.43. The molecule has 21 heavy (non-hydrogen) atoms. The molecule has 0 radical (unpaired) electrons. The quantitative estimate of drug-likeness (QED) is 0.768. The van der Waals surface area contributed by atoms with Crippen molar-refractivity contribution in [2.24, 2.45) is 0 Å². The van der Waals surface area contributed by atoms with E-state index in [1.165, 1.54) is 38.6 Å². The molecule has 0 aliphatic rings. The second-order valence-electron chi connectivity index (χ2n) is 6.01. The number of benzene rings is 2. The van der Waals surface area contributed by atoms with Crippen LogP contribution in [-0.4, -0.2) is 0 Å². The summed E-state index contributed by atoms with van der Waals surface area (Å²) in [5.74, 6) is 0. The predicted octanol–water partition coefficient (Wildman–Crippen LogP) is 4.27. The molecule has 0 saturated carbocycles. The van der Waals surface area contributed by atoms with E-state index in [1.54, 1.807) is 0 Å². The van der Waals surface area contributed by atoms with Gasteiger partial charge in [-0.25, -0.2) is 0 Å². The minimum absolute atomic E-state index is 1.08. The molecule has 108 valence electrons. The number of hydrogen-bond acceptors (Lipinski definition) is 0. The van der Waals surface area contributed by atoms with Gasteiger partial charge in [0.25, 0.3) is 0 Å². The first-order valence-electron chi connectivity index (χ1n) is 7.36. The molecule has 2 aromatic carbocycles. The second kappa shape index (κ2) is 5.73. The fraction of sp³-hybridized carbons (Fsp3) is 0.238. The number of hydrogen-bond donors (Lipinski definition) is 0. The smallest absolute Gasteiger partial charge is 0.0106 e. The Hall–Kier alpha value is -2.08. The van der Waals surface area contributed by atoms with Crippen LogP contribution in [0.2, 0.25) is 0 Å². The Labute approximate surface area is 128 Å². The molecular formula is C21H24. The molecule has 0 spiro atoms. The third-order valence-corrected chi connectivity index (χ3v) is 4.30. The average molecular weight is 276 g/mol. The van der Waals surface area contributed by atoms with E-state index in [0.29, 0.717) is 0 Å². The molecule has 0 heterocycles. The number of rotatable bonds is 2. The zero-order chi connectivity index (χ0) is 15.7. The molecule has 0 atom stereocenters. The van der Waals surface area contributed by atoms with Crippen LogP contribution >= 0.6 is 0 Å². The van der Waals surface area contributed by atoms with Gasteiger partial charge in [0.2, 0.25) is 0 Å². The molecule has 0 unspecified atom stereocenters. The van der Waals surface area contributed by atoms with Crippen LogP contribution in [0.1, 0.15) is 41.7 Å². The van der Waals surface area contributed by atoms with E-state index < -0.39 is 0 Å². The molecule has 0 nitrogen and oxygen atoms in total. The lowest BCUT2D eigenvalue weighted by Crippen LogP contribution is -2.31. The first-order valence-corrected chi connectivity index (χ1v) is 7.36. The van der Waals surface area contributed by atoms with Crippen LogP contribution in [0.4, 0.5) is 0 Å². The third kappa shape index (κ3) is 2.71. The first kappa shape index (κ1) is 15.3. The molecule has 0 aliphatic carbocycles. The fourth-order valence-corrected chi connectivity index (χ4v) is 2.80. The van der Waals surface area contributed by atoms with Crippen molar-refractivity contribution in [3.05, 3.63) is 75.2 Å². The van der Waals surface area contributed by atoms with Crippen LogP contribution in [0.25, 0.3) is 17.7 Å². The lowest BCUT2D eigenvalue weighted by molar-refractivity contribution is 1.29. The summed E-state index contributed by atoms with van der Waals surface area (Å²) in [5.41, 5.74) is 8.61. The van der Waals surface area contributed by atoms with E-state index >= 15 is 0 Å². The minimum atomic E-state index is 1.08. The highest BCUT2D eigenvalue weighted by molar-refractivity contribution is 5.81. The second-order valence-corrected chi connectivity index (χ2v) is 6.01. The Morgan fingerprint density at radius 2 is 1.52 bits per heavy atom. The van der Waals surface area contributed by atoms with Gasteiger partial charge in [-0.05, 0) is 78.4 Å². The molecule has 2 rings (SSSR count). The van der Waals surface area contributed by atoms with Crippen molar-refractivity contribution in [3.8, 4) is 0 Å². The lowest BCUT2D eigenvalue weighted by Gasteiger charge is -2.14. The van der Waals surface area contributed by atoms with Crippen molar-refractivity contribution >= 4 is 17.7 Å². The minimum Gasteiger partial charge on any atom is -0.0909 e. The largest absolute Gasteiger partial charge is 0.0909 e. The fourth-order valence-electron chi connectivity index (χ4n) is 2.80. The Morgan fingerprint density at radius 1 is 0.857 bits per heavy atom. The summed E-state index contributed by atoms with van der Waals surface area (Å²) in [6.45, 7) is 19.3. The zero-order valence-corrected chi connectivity index (χ0v) is 13.8. The Balaban J connectivity index is 2.78. The van der Waals surface area contributed by atoms with Gasteiger partial charge < -0.3 is 0 Å². The highest BCUT2D eigenvalue weighted by Gasteiger charge is 2.09. The summed E-state index contributed by atoms with van der Waals surface area (Å²) in [6.07, 6.45) is 0. The van der Waals surface area contributed by atoms with Gasteiger partial charge in [0, 0.05) is 0 Å². The van der Waals surface area contributed by atoms with Crippen LogP contribution in [-0.2, 0) is 0 Å². The highest BCUT2D eigenvalue weighted by atomic mass is 14.1. The highest BCUT2D eigenvalue weighted by Crippen LogP contribution is 2.24. The zero-order valence-electron chi connectivity index (χ0n) is 13.8. The summed E-state index contributed by atoms with van der Waals surface area (Å²) in [7, 11) is 0. The predicted molar refractivity (Wildman–Crippen MR) is 94.8 cm³/mol. The van der Waals surface area contributed by atoms with E-state index in [-0.39, 0.29) is 0 Å². The van der Waals surface area contributed by atoms with Crippen LogP contribution in [0, 0.1) is 20.8 Å². The van der Waals surface area contributed by atoms with Crippen molar-refractivity contribution in [1.82, 2.24) is 0 Å². The standard InChI is InChI=1S/C21H24/c1-13(2)21-17(6)15(4)11-12-20(21)18(7)19-10-8-9-14(3)16(19)5/h8-12H,6-7H2,1-5H3. The first-order chi connectivity index (χ1) is 9.84. The van der Waals surface area contributed by atoms with Crippen LogP contribution in [0.3, 0.4) is 0 Å². The van der Waals surface area contributed by atoms with Gasteiger partial charge in [-0.2, -0.15) is 0 Å². The van der Waals surface area contributed by atoms with E-state index in [0.717, 1.165) is 10.8 Å². The normalized spacial score (nSPS) is 10.5. The summed E-state index contributed by atoms with van der Waals surface area (Å²) >= 11 is 0. The molecular weight excluding hydrogens is 252 g/mol. The molecule has 0 aromatic heterocycles. The van der Waals surface area contributed by atoms with Crippen LogP contribution < -0.4 is 10.4 Å². The van der Waals surface area contributed by atoms with E-state index in [2.05, 4.69) is 78.1 Å². The molecule has 0 aliphatic heterocycles. The monoisotopic (exact) mass is 276 g/mol. The van der Waals surface area contributed by atoms with Crippen LogP contribution in [0.5, 0.6) is 0 Å². The summed E-state index contributed by atoms with van der Waals surface area (Å²) in [5, 5.41) is 2.35. The Kier molecular flexibility index (Phi) is 4.18. The van der Waals surface area contributed by atoms with Gasteiger partial charge in [0.1, 0.15) is 0 Å². The van der Waals surface area contributed by atoms with Gasteiger partial charge in [0.15, 0.2) is 0 Å². The van der Waals surface area contributed by atoms with Crippen molar-refractivity contribution in [1.29, 1.82) is 0 Å². The Morgan fingerprint density at radius 3 is 2.14 bits per heavy atom. The van der Waals surface area contributed by atoms with Gasteiger partial charge in [-0.1, -0.05) is 49.1 Å². The molecule has 0 saturated heterocycles. The maximum Gasteiger partial charge on any atom is -0.0106 e. The lowest BCUT2D eigenvalue weighted by atomic mass is 9.90. The molecule has 0 bridgehead atoms. The maximum absolute atomic E-state index is 4.37. The van der Waals surface area contributed by atoms with Gasteiger partial charge in [0.05, 0.1) is 0 Å². The van der Waals surface area contributed by atoms with Gasteiger partial charge in [-0.15, -0.1) is 0 Å². The van der Waals surface area contributed by atoms with E-state index in [4.69, 9.17) is 0 Å². The van der Waals surface area contributed by atoms with Crippen molar-refractivity contribution in [3.63, 3.8) is 0 Å². The summed E-state index contributed by atoms with van der Waals surface area (Å²) in [4.78, 5) is 0. The molecule has 0 heteroatoms. The molecule has 0 fully saturated rings. The molecule has 0 N–H and O–H groups in total.